The fraction of sp³-hybridized carbons (Fsp3) is 0.667. The number of aromatic hydroxyl groups is 2. The molecule has 0 saturated carbocycles. The highest BCUT2D eigenvalue weighted by Gasteiger charge is 2.19. The van der Waals surface area contributed by atoms with Gasteiger partial charge in [-0.1, -0.05) is 128 Å². The van der Waals surface area contributed by atoms with E-state index < -0.39 is 0 Å². The second-order valence-electron chi connectivity index (χ2n) is 13.0. The molecular formula is C39H62O4. The van der Waals surface area contributed by atoms with Crippen LogP contribution < -0.4 is 0 Å². The minimum Gasteiger partial charge on any atom is -0.507 e. The molecule has 43 heavy (non-hydrogen) atoms. The summed E-state index contributed by atoms with van der Waals surface area (Å²) in [5.74, 6) is 0.622. The topological polar surface area (TPSA) is 66.8 Å². The summed E-state index contributed by atoms with van der Waals surface area (Å²) < 4.78 is 5.56. The van der Waals surface area contributed by atoms with Gasteiger partial charge in [-0.05, 0) is 80.3 Å². The van der Waals surface area contributed by atoms with Crippen LogP contribution in [0.1, 0.15) is 168 Å². The maximum atomic E-state index is 12.5. The summed E-state index contributed by atoms with van der Waals surface area (Å²) in [7, 11) is 0. The van der Waals surface area contributed by atoms with E-state index in [0.717, 1.165) is 59.1 Å². The molecule has 0 saturated heterocycles. The van der Waals surface area contributed by atoms with Crippen molar-refractivity contribution in [3.8, 4) is 11.5 Å². The number of hydrogen-bond donors (Lipinski definition) is 2. The van der Waals surface area contributed by atoms with Crippen molar-refractivity contribution in [1.82, 2.24) is 0 Å². The Hall–Kier alpha value is -2.49. The van der Waals surface area contributed by atoms with E-state index in [2.05, 4.69) is 6.92 Å². The largest absolute Gasteiger partial charge is 0.507 e. The lowest BCUT2D eigenvalue weighted by atomic mass is 9.84. The number of benzene rings is 2. The first-order valence-electron chi connectivity index (χ1n) is 17.5. The van der Waals surface area contributed by atoms with E-state index in [9.17, 15) is 15.0 Å². The van der Waals surface area contributed by atoms with Gasteiger partial charge in [0.15, 0.2) is 0 Å². The molecule has 2 aromatic rings. The van der Waals surface area contributed by atoms with Gasteiger partial charge >= 0.3 is 5.97 Å². The number of ether oxygens (including phenoxy) is 1. The maximum Gasteiger partial charge on any atom is 0.305 e. The maximum absolute atomic E-state index is 12.5. The fourth-order valence-electron chi connectivity index (χ4n) is 6.27. The van der Waals surface area contributed by atoms with Crippen LogP contribution in [0.5, 0.6) is 11.5 Å². The van der Waals surface area contributed by atoms with Crippen LogP contribution in [0.15, 0.2) is 24.3 Å². The van der Waals surface area contributed by atoms with E-state index >= 15 is 0 Å². The lowest BCUT2D eigenvalue weighted by molar-refractivity contribution is -0.143. The Morgan fingerprint density at radius 2 is 0.930 bits per heavy atom. The van der Waals surface area contributed by atoms with Crippen LogP contribution in [-0.2, 0) is 9.53 Å². The average Bonchev–Trinajstić information content (AvgIpc) is 2.98. The Morgan fingerprint density at radius 1 is 0.581 bits per heavy atom. The van der Waals surface area contributed by atoms with Crippen molar-refractivity contribution in [3.63, 3.8) is 0 Å². The number of esters is 1. The van der Waals surface area contributed by atoms with E-state index in [-0.39, 0.29) is 11.9 Å². The molecule has 0 unspecified atom stereocenters. The molecule has 0 atom stereocenters. The van der Waals surface area contributed by atoms with Gasteiger partial charge in [0.05, 0.1) is 6.61 Å². The SMILES string of the molecule is CCCCCCCCCCCCCCCCCCOC(=O)CCCC(c1cc(C)c(O)c(C)c1)c1cc(C)c(O)c(C)c1. The number of carbonyl (C=O) groups is 1. The quantitative estimate of drug-likeness (QED) is 0.0992. The highest BCUT2D eigenvalue weighted by molar-refractivity contribution is 5.69. The third-order valence-corrected chi connectivity index (χ3v) is 8.97. The molecule has 0 fully saturated rings. The number of phenolic OH excluding ortho intramolecular Hbond substituents is 2. The molecule has 0 heterocycles. The third-order valence-electron chi connectivity index (χ3n) is 8.97. The molecule has 0 aliphatic rings. The van der Waals surface area contributed by atoms with Gasteiger partial charge in [0.2, 0.25) is 0 Å². The molecule has 2 N–H and O–H groups in total. The number of unbranched alkanes of at least 4 members (excludes halogenated alkanes) is 15. The first-order chi connectivity index (χ1) is 20.7. The number of hydrogen-bond acceptors (Lipinski definition) is 4. The standard InChI is InChI=1S/C39H62O4/c1-6-7-8-9-10-11-12-13-14-15-16-17-18-19-20-21-25-43-37(40)24-22-23-36(34-26-30(2)38(41)31(3)27-34)35-28-32(4)39(42)33(5)29-35/h26-29,36,41-42H,6-25H2,1-5H3. The molecule has 4 heteroatoms. The Balaban J connectivity index is 1.61. The Kier molecular flexibility index (Phi) is 18.1. The van der Waals surface area contributed by atoms with Crippen LogP contribution >= 0.6 is 0 Å². The smallest absolute Gasteiger partial charge is 0.305 e. The molecule has 4 nitrogen and oxygen atoms in total. The van der Waals surface area contributed by atoms with Gasteiger partial charge in [0, 0.05) is 12.3 Å². The molecule has 0 amide bonds. The van der Waals surface area contributed by atoms with Crippen LogP contribution in [0.4, 0.5) is 0 Å². The molecule has 242 valence electrons. The lowest BCUT2D eigenvalue weighted by Gasteiger charge is -2.21. The number of aryl methyl sites for hydroxylation is 4. The predicted octanol–water partition coefficient (Wildman–Crippen LogP) is 11.4. The van der Waals surface area contributed by atoms with Gasteiger partial charge in [0.25, 0.3) is 0 Å². The molecule has 2 aromatic carbocycles. The Bertz CT molecular complexity index is 969. The van der Waals surface area contributed by atoms with Gasteiger partial charge in [-0.3, -0.25) is 4.79 Å². The van der Waals surface area contributed by atoms with Crippen molar-refractivity contribution in [2.45, 2.75) is 163 Å². The molecule has 0 aliphatic heterocycles. The summed E-state index contributed by atoms with van der Waals surface area (Å²) in [5, 5.41) is 20.6. The van der Waals surface area contributed by atoms with Crippen LogP contribution in [0.25, 0.3) is 0 Å². The minimum atomic E-state index is -0.115. The van der Waals surface area contributed by atoms with Crippen LogP contribution in [0, 0.1) is 27.7 Å². The van der Waals surface area contributed by atoms with Crippen molar-refractivity contribution in [1.29, 1.82) is 0 Å². The molecule has 0 aliphatic carbocycles. The van der Waals surface area contributed by atoms with Crippen LogP contribution in [-0.4, -0.2) is 22.8 Å². The van der Waals surface area contributed by atoms with Crippen molar-refractivity contribution >= 4 is 5.97 Å². The van der Waals surface area contributed by atoms with Crippen molar-refractivity contribution in [3.05, 3.63) is 57.6 Å². The monoisotopic (exact) mass is 594 g/mol. The van der Waals surface area contributed by atoms with Gasteiger partial charge < -0.3 is 14.9 Å². The van der Waals surface area contributed by atoms with Gasteiger partial charge in [-0.2, -0.15) is 0 Å². The number of rotatable bonds is 23. The van der Waals surface area contributed by atoms with Crippen molar-refractivity contribution < 1.29 is 19.7 Å². The molecule has 0 radical (unpaired) electrons. The summed E-state index contributed by atoms with van der Waals surface area (Å²) in [5.41, 5.74) is 5.66. The van der Waals surface area contributed by atoms with E-state index in [1.807, 2.05) is 52.0 Å². The molecule has 2 rings (SSSR count). The van der Waals surface area contributed by atoms with Crippen LogP contribution in [0.3, 0.4) is 0 Å². The van der Waals surface area contributed by atoms with E-state index in [0.29, 0.717) is 24.5 Å². The van der Waals surface area contributed by atoms with Gasteiger partial charge in [0.1, 0.15) is 11.5 Å². The Labute approximate surface area is 263 Å². The zero-order valence-corrected chi connectivity index (χ0v) is 28.2. The predicted molar refractivity (Wildman–Crippen MR) is 181 cm³/mol. The first kappa shape index (κ1) is 36.7. The summed E-state index contributed by atoms with van der Waals surface area (Å²) in [4.78, 5) is 12.5. The summed E-state index contributed by atoms with van der Waals surface area (Å²) in [6.07, 6.45) is 23.3. The minimum absolute atomic E-state index is 0.0733. The number of carbonyl (C=O) groups excluding carboxylic acids is 1. The lowest BCUT2D eigenvalue weighted by Crippen LogP contribution is -2.08. The van der Waals surface area contributed by atoms with Crippen molar-refractivity contribution in [2.24, 2.45) is 0 Å². The zero-order chi connectivity index (χ0) is 31.5. The molecule has 0 spiro atoms. The number of phenols is 2. The van der Waals surface area contributed by atoms with Gasteiger partial charge in [-0.25, -0.2) is 0 Å². The molecule has 0 aromatic heterocycles. The summed E-state index contributed by atoms with van der Waals surface area (Å²) in [6.45, 7) is 10.5. The highest BCUT2D eigenvalue weighted by atomic mass is 16.5. The highest BCUT2D eigenvalue weighted by Crippen LogP contribution is 2.36. The van der Waals surface area contributed by atoms with Crippen molar-refractivity contribution in [2.75, 3.05) is 6.61 Å². The van der Waals surface area contributed by atoms with Crippen LogP contribution in [0.2, 0.25) is 0 Å². The van der Waals surface area contributed by atoms with Gasteiger partial charge in [-0.15, -0.1) is 0 Å². The average molecular weight is 595 g/mol. The fourth-order valence-corrected chi connectivity index (χ4v) is 6.27. The summed E-state index contributed by atoms with van der Waals surface area (Å²) in [6, 6.07) is 8.17. The second kappa shape index (κ2) is 21.3. The second-order valence-corrected chi connectivity index (χ2v) is 13.0. The molecular weight excluding hydrogens is 532 g/mol. The summed E-state index contributed by atoms with van der Waals surface area (Å²) >= 11 is 0. The Morgan fingerprint density at radius 3 is 1.30 bits per heavy atom. The van der Waals surface area contributed by atoms with E-state index in [1.54, 1.807) is 0 Å². The third kappa shape index (κ3) is 14.2. The molecule has 0 bridgehead atoms. The normalized spacial score (nSPS) is 11.4. The van der Waals surface area contributed by atoms with E-state index in [1.165, 1.54) is 89.9 Å². The zero-order valence-electron chi connectivity index (χ0n) is 28.2. The first-order valence-corrected chi connectivity index (χ1v) is 17.5. The van der Waals surface area contributed by atoms with E-state index in [4.69, 9.17) is 4.74 Å².